The van der Waals surface area contributed by atoms with E-state index in [1.54, 1.807) is 42.9 Å². The fraction of sp³-hybridized carbons (Fsp3) is 0.0769. The molecule has 168 valence electrons. The molecule has 3 aromatic carbocycles. The first kappa shape index (κ1) is 21.6. The van der Waals surface area contributed by atoms with Gasteiger partial charge in [-0.05, 0) is 52.2 Å². The number of primary amides is 1. The molecular weight excluding hydrogens is 452 g/mol. The van der Waals surface area contributed by atoms with Gasteiger partial charge in [0.05, 0.1) is 5.56 Å². The Labute approximate surface area is 199 Å². The van der Waals surface area contributed by atoms with E-state index < -0.39 is 5.91 Å². The van der Waals surface area contributed by atoms with Gasteiger partial charge < -0.3 is 15.5 Å². The van der Waals surface area contributed by atoms with E-state index in [4.69, 9.17) is 22.1 Å². The van der Waals surface area contributed by atoms with Crippen molar-refractivity contribution in [3.05, 3.63) is 101 Å². The molecule has 2 heterocycles. The zero-order valence-corrected chi connectivity index (χ0v) is 18.7. The SMILES string of the molecule is NC(=O)c1cc2cc(Cl)ccc2cc1OCC(=O)c1c[nH]c2cc(Cc3cncnc3)ccc12. The highest BCUT2D eigenvalue weighted by Crippen LogP contribution is 2.29. The first-order chi connectivity index (χ1) is 16.5. The lowest BCUT2D eigenvalue weighted by Crippen LogP contribution is -2.16. The molecule has 1 amide bonds. The molecule has 7 nitrogen and oxygen atoms in total. The van der Waals surface area contributed by atoms with Crippen LogP contribution >= 0.6 is 11.6 Å². The smallest absolute Gasteiger partial charge is 0.252 e. The molecule has 0 aliphatic carbocycles. The van der Waals surface area contributed by atoms with E-state index >= 15 is 0 Å². The van der Waals surface area contributed by atoms with Crippen LogP contribution < -0.4 is 10.5 Å². The number of hydrogen-bond donors (Lipinski definition) is 2. The number of Topliss-reactive ketones (excluding diaryl/α,β-unsaturated/α-hetero) is 1. The van der Waals surface area contributed by atoms with Crippen LogP contribution in [0.3, 0.4) is 0 Å². The lowest BCUT2D eigenvalue weighted by molar-refractivity contribution is 0.0914. The van der Waals surface area contributed by atoms with E-state index in [2.05, 4.69) is 15.0 Å². The van der Waals surface area contributed by atoms with Gasteiger partial charge >= 0.3 is 0 Å². The number of halogens is 1. The predicted octanol–water partition coefficient (Wildman–Crippen LogP) is 4.72. The highest BCUT2D eigenvalue weighted by molar-refractivity contribution is 6.31. The van der Waals surface area contributed by atoms with Crippen LogP contribution in [0, 0.1) is 0 Å². The minimum Gasteiger partial charge on any atom is -0.485 e. The van der Waals surface area contributed by atoms with Crippen molar-refractivity contribution in [3.8, 4) is 5.75 Å². The molecule has 0 radical (unpaired) electrons. The van der Waals surface area contributed by atoms with Gasteiger partial charge in [0.15, 0.2) is 6.61 Å². The zero-order valence-electron chi connectivity index (χ0n) is 17.9. The highest BCUT2D eigenvalue weighted by atomic mass is 35.5. The number of carbonyl (C=O) groups excluding carboxylic acids is 2. The van der Waals surface area contributed by atoms with Crippen molar-refractivity contribution in [2.45, 2.75) is 6.42 Å². The fourth-order valence-corrected chi connectivity index (χ4v) is 4.13. The Morgan fingerprint density at radius 2 is 1.76 bits per heavy atom. The second kappa shape index (κ2) is 8.96. The van der Waals surface area contributed by atoms with Crippen LogP contribution in [0.25, 0.3) is 21.7 Å². The maximum absolute atomic E-state index is 13.0. The van der Waals surface area contributed by atoms with Crippen molar-refractivity contribution >= 4 is 45.0 Å². The third kappa shape index (κ3) is 4.33. The number of ether oxygens (including phenoxy) is 1. The molecule has 0 aliphatic heterocycles. The van der Waals surface area contributed by atoms with Crippen LogP contribution in [0.15, 0.2) is 73.4 Å². The Balaban J connectivity index is 1.37. The van der Waals surface area contributed by atoms with Crippen LogP contribution in [0.5, 0.6) is 5.75 Å². The fourth-order valence-electron chi connectivity index (χ4n) is 3.95. The van der Waals surface area contributed by atoms with Crippen molar-refractivity contribution in [1.29, 1.82) is 0 Å². The Kier molecular flexibility index (Phi) is 5.69. The Morgan fingerprint density at radius 1 is 0.941 bits per heavy atom. The van der Waals surface area contributed by atoms with Crippen LogP contribution in [-0.4, -0.2) is 33.2 Å². The number of hydrogen-bond acceptors (Lipinski definition) is 5. The molecule has 2 aromatic heterocycles. The number of carbonyl (C=O) groups is 2. The molecule has 0 unspecified atom stereocenters. The van der Waals surface area contributed by atoms with Gasteiger partial charge in [0.25, 0.3) is 5.91 Å². The minimum absolute atomic E-state index is 0.191. The van der Waals surface area contributed by atoms with Gasteiger partial charge in [-0.25, -0.2) is 9.97 Å². The normalized spacial score (nSPS) is 11.1. The van der Waals surface area contributed by atoms with Crippen molar-refractivity contribution in [2.75, 3.05) is 6.61 Å². The first-order valence-corrected chi connectivity index (χ1v) is 10.9. The predicted molar refractivity (Wildman–Crippen MR) is 130 cm³/mol. The van der Waals surface area contributed by atoms with Gasteiger partial charge in [0.2, 0.25) is 5.78 Å². The number of rotatable bonds is 7. The van der Waals surface area contributed by atoms with Crippen molar-refractivity contribution < 1.29 is 14.3 Å². The molecule has 8 heteroatoms. The Bertz CT molecular complexity index is 1550. The zero-order chi connectivity index (χ0) is 23.7. The maximum Gasteiger partial charge on any atom is 0.252 e. The lowest BCUT2D eigenvalue weighted by Gasteiger charge is -2.11. The summed E-state index contributed by atoms with van der Waals surface area (Å²) in [5.74, 6) is -0.613. The van der Waals surface area contributed by atoms with Gasteiger partial charge in [0.1, 0.15) is 12.1 Å². The molecule has 0 aliphatic rings. The third-order valence-electron chi connectivity index (χ3n) is 5.59. The minimum atomic E-state index is -0.646. The Hall–Kier alpha value is -4.23. The maximum atomic E-state index is 13.0. The van der Waals surface area contributed by atoms with E-state index in [9.17, 15) is 9.59 Å². The van der Waals surface area contributed by atoms with Gasteiger partial charge in [-0.2, -0.15) is 0 Å². The molecule has 3 N–H and O–H groups in total. The largest absolute Gasteiger partial charge is 0.485 e. The van der Waals surface area contributed by atoms with E-state index in [1.165, 1.54) is 6.33 Å². The summed E-state index contributed by atoms with van der Waals surface area (Å²) in [6, 6.07) is 14.5. The Morgan fingerprint density at radius 3 is 2.56 bits per heavy atom. The molecule has 0 fully saturated rings. The number of benzene rings is 3. The van der Waals surface area contributed by atoms with Gasteiger partial charge in [-0.3, -0.25) is 9.59 Å². The van der Waals surface area contributed by atoms with Gasteiger partial charge in [0, 0.05) is 46.5 Å². The monoisotopic (exact) mass is 470 g/mol. The molecule has 34 heavy (non-hydrogen) atoms. The summed E-state index contributed by atoms with van der Waals surface area (Å²) in [5, 5.41) is 2.92. The topological polar surface area (TPSA) is 111 Å². The average molecular weight is 471 g/mol. The van der Waals surface area contributed by atoms with E-state index in [-0.39, 0.29) is 23.7 Å². The number of nitrogens with two attached hydrogens (primary N) is 1. The summed E-state index contributed by atoms with van der Waals surface area (Å²) in [6.07, 6.45) is 7.41. The quantitative estimate of drug-likeness (QED) is 0.334. The number of nitrogens with zero attached hydrogens (tertiary/aromatic N) is 2. The van der Waals surface area contributed by atoms with Gasteiger partial charge in [-0.15, -0.1) is 0 Å². The van der Waals surface area contributed by atoms with Crippen LogP contribution in [-0.2, 0) is 6.42 Å². The standard InChI is InChI=1S/C26H19ClN4O3/c27-19-3-2-17-9-25(21(26(28)33)8-18(17)7-19)34-13-24(32)22-12-31-23-6-15(1-4-20(22)23)5-16-10-29-14-30-11-16/h1-4,6-12,14,31H,5,13H2,(H2,28,33). The molecular formula is C26H19ClN4O3. The average Bonchev–Trinajstić information content (AvgIpc) is 3.26. The summed E-state index contributed by atoms with van der Waals surface area (Å²) in [7, 11) is 0. The molecule has 0 atom stereocenters. The van der Waals surface area contributed by atoms with Crippen LogP contribution in [0.4, 0.5) is 0 Å². The van der Waals surface area contributed by atoms with Crippen LogP contribution in [0.1, 0.15) is 31.8 Å². The molecule has 0 saturated carbocycles. The number of ketones is 1. The van der Waals surface area contributed by atoms with E-state index in [0.717, 1.165) is 32.8 Å². The van der Waals surface area contributed by atoms with Crippen molar-refractivity contribution in [3.63, 3.8) is 0 Å². The summed E-state index contributed by atoms with van der Waals surface area (Å²) in [6.45, 7) is -0.241. The molecule has 0 spiro atoms. The second-order valence-electron chi connectivity index (χ2n) is 7.92. The lowest BCUT2D eigenvalue weighted by atomic mass is 10.0. The molecule has 0 saturated heterocycles. The summed E-state index contributed by atoms with van der Waals surface area (Å²) in [4.78, 5) is 36.2. The number of nitrogens with one attached hydrogen (secondary N) is 1. The molecule has 5 rings (SSSR count). The first-order valence-electron chi connectivity index (χ1n) is 10.5. The number of aromatic nitrogens is 3. The third-order valence-corrected chi connectivity index (χ3v) is 5.83. The van der Waals surface area contributed by atoms with Crippen molar-refractivity contribution in [2.24, 2.45) is 5.73 Å². The number of amides is 1. The van der Waals surface area contributed by atoms with Gasteiger partial charge in [-0.1, -0.05) is 29.8 Å². The molecule has 5 aromatic rings. The number of aromatic amines is 1. The van der Waals surface area contributed by atoms with Crippen molar-refractivity contribution in [1.82, 2.24) is 15.0 Å². The number of H-pyrrole nitrogens is 1. The summed E-state index contributed by atoms with van der Waals surface area (Å²) in [5.41, 5.74) is 9.16. The highest BCUT2D eigenvalue weighted by Gasteiger charge is 2.17. The second-order valence-corrected chi connectivity index (χ2v) is 8.36. The number of fused-ring (bicyclic) bond motifs is 2. The summed E-state index contributed by atoms with van der Waals surface area (Å²) >= 11 is 6.05. The van der Waals surface area contributed by atoms with Crippen LogP contribution in [0.2, 0.25) is 5.02 Å². The molecule has 0 bridgehead atoms. The summed E-state index contributed by atoms with van der Waals surface area (Å²) < 4.78 is 5.76. The van der Waals surface area contributed by atoms with E-state index in [1.807, 2.05) is 24.3 Å². The van der Waals surface area contributed by atoms with E-state index in [0.29, 0.717) is 17.0 Å².